The molecule has 1 aromatic carbocycles. The van der Waals surface area contributed by atoms with E-state index in [-0.39, 0.29) is 15.4 Å². The zero-order valence-corrected chi connectivity index (χ0v) is 17.7. The lowest BCUT2D eigenvalue weighted by atomic mass is 10.0. The summed E-state index contributed by atoms with van der Waals surface area (Å²) in [4.78, 5) is 30.3. The molecule has 1 fully saturated rings. The fourth-order valence-corrected chi connectivity index (χ4v) is 4.44. The number of fused-ring (bicyclic) bond motifs is 1. The molecule has 9 heteroatoms. The number of aromatic nitrogens is 1. The molecule has 1 amide bonds. The Labute approximate surface area is 176 Å². The maximum atomic E-state index is 12.8. The molecule has 0 bridgehead atoms. The van der Waals surface area contributed by atoms with Crippen LogP contribution in [0.1, 0.15) is 19.4 Å². The Morgan fingerprint density at radius 3 is 2.71 bits per heavy atom. The number of benzene rings is 1. The molecule has 6 nitrogen and oxygen atoms in total. The second-order valence-corrected chi connectivity index (χ2v) is 8.54. The number of thioether (sulfide) groups is 1. The summed E-state index contributed by atoms with van der Waals surface area (Å²) < 4.78 is 5.40. The molecule has 0 aliphatic carbocycles. The molecular weight excluding hydrogens is 420 g/mol. The fraction of sp³-hybridized carbons (Fsp3) is 0.263. The maximum absolute atomic E-state index is 12.8. The first-order valence-corrected chi connectivity index (χ1v) is 9.97. The molecule has 28 heavy (non-hydrogen) atoms. The lowest BCUT2D eigenvalue weighted by Crippen LogP contribution is -2.47. The van der Waals surface area contributed by atoms with Crippen LogP contribution in [-0.2, 0) is 9.59 Å². The minimum Gasteiger partial charge on any atom is -0.497 e. The van der Waals surface area contributed by atoms with Crippen molar-refractivity contribution in [2.24, 2.45) is 5.92 Å². The van der Waals surface area contributed by atoms with Crippen LogP contribution in [0.5, 0.6) is 5.75 Å². The van der Waals surface area contributed by atoms with Crippen molar-refractivity contribution in [1.82, 2.24) is 9.88 Å². The topological polar surface area (TPSA) is 79.7 Å². The summed E-state index contributed by atoms with van der Waals surface area (Å²) in [6.45, 7) is 3.47. The second-order valence-electron chi connectivity index (χ2n) is 6.51. The van der Waals surface area contributed by atoms with Gasteiger partial charge < -0.3 is 9.84 Å². The van der Waals surface area contributed by atoms with Gasteiger partial charge in [0.15, 0.2) is 0 Å². The quantitative estimate of drug-likeness (QED) is 0.427. The van der Waals surface area contributed by atoms with E-state index >= 15 is 0 Å². The van der Waals surface area contributed by atoms with Gasteiger partial charge in [0.05, 0.1) is 17.5 Å². The van der Waals surface area contributed by atoms with Crippen LogP contribution in [0.3, 0.4) is 0 Å². The highest BCUT2D eigenvalue weighted by molar-refractivity contribution is 8.26. The Kier molecular flexibility index (Phi) is 5.92. The first-order chi connectivity index (χ1) is 13.2. The van der Waals surface area contributed by atoms with Crippen molar-refractivity contribution in [2.75, 3.05) is 7.11 Å². The van der Waals surface area contributed by atoms with Crippen molar-refractivity contribution in [1.29, 1.82) is 0 Å². The fourth-order valence-electron chi connectivity index (χ4n) is 2.92. The number of carbonyl (C=O) groups is 2. The number of carbonyl (C=O) groups excluding carboxylic acids is 1. The number of hydrogen-bond acceptors (Lipinski definition) is 6. The lowest BCUT2D eigenvalue weighted by Gasteiger charge is -2.26. The Balaban J connectivity index is 2.00. The summed E-state index contributed by atoms with van der Waals surface area (Å²) >= 11 is 12.6. The van der Waals surface area contributed by atoms with Gasteiger partial charge in [-0.2, -0.15) is 0 Å². The molecule has 0 saturated carbocycles. The number of amides is 1. The lowest BCUT2D eigenvalue weighted by molar-refractivity contribution is -0.146. The zero-order valence-electron chi connectivity index (χ0n) is 15.3. The highest BCUT2D eigenvalue weighted by Gasteiger charge is 2.41. The molecule has 146 valence electrons. The predicted octanol–water partition coefficient (Wildman–Crippen LogP) is 4.21. The minimum atomic E-state index is -1.09. The van der Waals surface area contributed by atoms with Crippen LogP contribution in [0.15, 0.2) is 29.2 Å². The number of thiocarbonyl (C=S) groups is 1. The van der Waals surface area contributed by atoms with Gasteiger partial charge in [-0.25, -0.2) is 9.78 Å². The van der Waals surface area contributed by atoms with E-state index in [4.69, 9.17) is 28.6 Å². The van der Waals surface area contributed by atoms with Gasteiger partial charge in [0.1, 0.15) is 21.3 Å². The van der Waals surface area contributed by atoms with Crippen molar-refractivity contribution in [3.05, 3.63) is 39.9 Å². The number of carboxylic acid groups (broad SMARTS) is 1. The van der Waals surface area contributed by atoms with Crippen LogP contribution in [-0.4, -0.2) is 44.3 Å². The van der Waals surface area contributed by atoms with Gasteiger partial charge in [-0.05, 0) is 30.2 Å². The third-order valence-electron chi connectivity index (χ3n) is 4.28. The van der Waals surface area contributed by atoms with Gasteiger partial charge >= 0.3 is 5.97 Å². The van der Waals surface area contributed by atoms with Crippen molar-refractivity contribution in [2.45, 2.75) is 19.9 Å². The number of ether oxygens (including phenoxy) is 1. The van der Waals surface area contributed by atoms with Crippen molar-refractivity contribution in [3.8, 4) is 5.75 Å². The molecule has 1 aromatic heterocycles. The summed E-state index contributed by atoms with van der Waals surface area (Å²) in [6, 6.07) is 6.22. The van der Waals surface area contributed by atoms with Gasteiger partial charge in [0, 0.05) is 17.0 Å². The molecule has 1 aliphatic heterocycles. The van der Waals surface area contributed by atoms with Crippen LogP contribution in [0.2, 0.25) is 5.15 Å². The summed E-state index contributed by atoms with van der Waals surface area (Å²) in [5.74, 6) is -1.16. The van der Waals surface area contributed by atoms with Gasteiger partial charge in [-0.3, -0.25) is 9.69 Å². The monoisotopic (exact) mass is 436 g/mol. The van der Waals surface area contributed by atoms with E-state index in [2.05, 4.69) is 4.98 Å². The van der Waals surface area contributed by atoms with E-state index in [1.165, 1.54) is 0 Å². The highest BCUT2D eigenvalue weighted by atomic mass is 35.5. The maximum Gasteiger partial charge on any atom is 0.327 e. The Hall–Kier alpha value is -2.16. The van der Waals surface area contributed by atoms with Gasteiger partial charge in [0.2, 0.25) is 0 Å². The summed E-state index contributed by atoms with van der Waals surface area (Å²) in [6.07, 6.45) is 1.59. The van der Waals surface area contributed by atoms with E-state index in [1.54, 1.807) is 39.2 Å². The first kappa shape index (κ1) is 20.6. The zero-order chi connectivity index (χ0) is 20.6. The molecular formula is C19H17ClN2O4S2. The Morgan fingerprint density at radius 1 is 1.39 bits per heavy atom. The predicted molar refractivity (Wildman–Crippen MR) is 115 cm³/mol. The molecule has 0 spiro atoms. The van der Waals surface area contributed by atoms with Crippen molar-refractivity contribution < 1.29 is 19.4 Å². The molecule has 2 aromatic rings. The molecule has 1 atom stereocenters. The van der Waals surface area contributed by atoms with Crippen molar-refractivity contribution in [3.63, 3.8) is 0 Å². The normalized spacial score (nSPS) is 17.0. The molecule has 3 rings (SSSR count). The van der Waals surface area contributed by atoms with Crippen LogP contribution in [0.25, 0.3) is 17.0 Å². The molecule has 1 N–H and O–H groups in total. The van der Waals surface area contributed by atoms with Crippen LogP contribution < -0.4 is 4.74 Å². The number of methoxy groups -OCH3 is 1. The minimum absolute atomic E-state index is 0.215. The third-order valence-corrected chi connectivity index (χ3v) is 5.91. The van der Waals surface area contributed by atoms with E-state index in [0.717, 1.165) is 22.0 Å². The number of nitrogens with zero attached hydrogens (tertiary/aromatic N) is 2. The molecule has 2 heterocycles. The SMILES string of the molecule is COc1ccc2cc(/C=C3\SC(=S)N(C(C(=O)O)C(C)C)C3=O)c(Cl)nc2c1. The molecule has 1 saturated heterocycles. The average molecular weight is 437 g/mol. The molecule has 1 unspecified atom stereocenters. The number of pyridine rings is 1. The van der Waals surface area contributed by atoms with E-state index in [1.807, 2.05) is 12.1 Å². The van der Waals surface area contributed by atoms with Crippen LogP contribution in [0, 0.1) is 5.92 Å². The molecule has 0 radical (unpaired) electrons. The van der Waals surface area contributed by atoms with Gasteiger partial charge in [-0.1, -0.05) is 49.4 Å². The summed E-state index contributed by atoms with van der Waals surface area (Å²) in [5, 5.41) is 10.6. The summed E-state index contributed by atoms with van der Waals surface area (Å²) in [5.41, 5.74) is 1.22. The number of rotatable bonds is 5. The highest BCUT2D eigenvalue weighted by Crippen LogP contribution is 2.36. The second kappa shape index (κ2) is 8.06. The van der Waals surface area contributed by atoms with E-state index < -0.39 is 17.9 Å². The average Bonchev–Trinajstić information content (AvgIpc) is 2.89. The van der Waals surface area contributed by atoms with Gasteiger partial charge in [-0.15, -0.1) is 0 Å². The van der Waals surface area contributed by atoms with Gasteiger partial charge in [0.25, 0.3) is 5.91 Å². The third kappa shape index (κ3) is 3.85. The largest absolute Gasteiger partial charge is 0.497 e. The number of aliphatic carboxylic acids is 1. The van der Waals surface area contributed by atoms with Crippen molar-refractivity contribution >= 4 is 68.8 Å². The number of halogens is 1. The first-order valence-electron chi connectivity index (χ1n) is 8.37. The smallest absolute Gasteiger partial charge is 0.327 e. The standard InChI is InChI=1S/C19H17ClN2O4S2/c1-9(2)15(18(24)25)22-17(23)14(28-19(22)27)7-11-6-10-4-5-12(26-3)8-13(10)21-16(11)20/h4-9,15H,1-3H3,(H,24,25)/b14-7-. The van der Waals surface area contributed by atoms with E-state index in [0.29, 0.717) is 21.7 Å². The van der Waals surface area contributed by atoms with Crippen LogP contribution >= 0.6 is 35.6 Å². The van der Waals surface area contributed by atoms with Crippen LogP contribution in [0.4, 0.5) is 0 Å². The molecule has 1 aliphatic rings. The van der Waals surface area contributed by atoms with E-state index in [9.17, 15) is 14.7 Å². The Morgan fingerprint density at radius 2 is 2.11 bits per heavy atom. The number of carboxylic acids is 1. The Bertz CT molecular complexity index is 1020. The number of hydrogen-bond donors (Lipinski definition) is 1. The summed E-state index contributed by atoms with van der Waals surface area (Å²) in [7, 11) is 1.57.